The van der Waals surface area contributed by atoms with Crippen LogP contribution in [-0.4, -0.2) is 22.1 Å². The van der Waals surface area contributed by atoms with Crippen LogP contribution in [0.1, 0.15) is 26.3 Å². The van der Waals surface area contributed by atoms with Crippen LogP contribution in [-0.2, 0) is 9.53 Å². The lowest BCUT2D eigenvalue weighted by atomic mass is 10.1. The van der Waals surface area contributed by atoms with Gasteiger partial charge in [-0.15, -0.1) is 11.3 Å². The molecule has 0 aliphatic rings. The highest BCUT2D eigenvalue weighted by Gasteiger charge is 2.21. The fourth-order valence-electron chi connectivity index (χ4n) is 2.50. The van der Waals surface area contributed by atoms with Crippen LogP contribution in [0, 0.1) is 0 Å². The number of aromatic nitrogens is 2. The van der Waals surface area contributed by atoms with E-state index in [1.54, 1.807) is 19.1 Å². The Labute approximate surface area is 153 Å². The molecule has 0 amide bonds. The van der Waals surface area contributed by atoms with E-state index >= 15 is 0 Å². The van der Waals surface area contributed by atoms with Crippen LogP contribution in [0.3, 0.4) is 0 Å². The normalized spacial score (nSPS) is 12.3. The number of carbonyl (C=O) groups excluding carboxylic acids is 1. The van der Waals surface area contributed by atoms with Gasteiger partial charge in [-0.1, -0.05) is 30.7 Å². The van der Waals surface area contributed by atoms with Gasteiger partial charge in [-0.25, -0.2) is 9.78 Å². The molecule has 0 fully saturated rings. The molecule has 0 spiro atoms. The van der Waals surface area contributed by atoms with Crippen molar-refractivity contribution in [3.05, 3.63) is 51.3 Å². The monoisotopic (exact) mass is 376 g/mol. The summed E-state index contributed by atoms with van der Waals surface area (Å²) in [5.74, 6) is -0.437. The minimum Gasteiger partial charge on any atom is -0.464 e. The van der Waals surface area contributed by atoms with E-state index in [0.717, 1.165) is 17.5 Å². The molecule has 0 aliphatic heterocycles. The molecule has 0 N–H and O–H groups in total. The largest absolute Gasteiger partial charge is 0.464 e. The summed E-state index contributed by atoms with van der Waals surface area (Å²) in [6, 6.07) is 6.55. The first kappa shape index (κ1) is 17.6. The zero-order chi connectivity index (χ0) is 18.0. The number of fused-ring (bicyclic) bond motifs is 1. The summed E-state index contributed by atoms with van der Waals surface area (Å²) in [5, 5.41) is 3.03. The summed E-state index contributed by atoms with van der Waals surface area (Å²) in [6.45, 7) is 3.89. The Bertz CT molecular complexity index is 963. The highest BCUT2D eigenvalue weighted by atomic mass is 35.5. The number of hydrogen-bond donors (Lipinski definition) is 0. The second kappa shape index (κ2) is 7.37. The number of esters is 1. The summed E-state index contributed by atoms with van der Waals surface area (Å²) < 4.78 is 6.47. The molecular formula is C18H17ClN2O3S. The minimum absolute atomic E-state index is 0.253. The third-order valence-corrected chi connectivity index (χ3v) is 5.02. The first-order chi connectivity index (χ1) is 12.0. The summed E-state index contributed by atoms with van der Waals surface area (Å²) >= 11 is 7.34. The predicted octanol–water partition coefficient (Wildman–Crippen LogP) is 4.29. The van der Waals surface area contributed by atoms with Crippen molar-refractivity contribution in [1.82, 2.24) is 9.55 Å². The summed E-state index contributed by atoms with van der Waals surface area (Å²) in [4.78, 5) is 30.0. The summed E-state index contributed by atoms with van der Waals surface area (Å²) in [7, 11) is 0. The first-order valence-electron chi connectivity index (χ1n) is 7.93. The van der Waals surface area contributed by atoms with Gasteiger partial charge in [0.15, 0.2) is 0 Å². The van der Waals surface area contributed by atoms with Crippen molar-refractivity contribution in [1.29, 1.82) is 0 Å². The molecule has 0 radical (unpaired) electrons. The molecule has 3 aromatic rings. The topological polar surface area (TPSA) is 61.2 Å². The molecule has 2 aromatic heterocycles. The fraction of sp³-hybridized carbons (Fsp3) is 0.278. The molecular weight excluding hydrogens is 360 g/mol. The van der Waals surface area contributed by atoms with Crippen molar-refractivity contribution in [3.8, 4) is 11.1 Å². The van der Waals surface area contributed by atoms with E-state index < -0.39 is 12.0 Å². The van der Waals surface area contributed by atoms with Crippen LogP contribution in [0.2, 0.25) is 5.02 Å². The van der Waals surface area contributed by atoms with Gasteiger partial charge < -0.3 is 4.74 Å². The molecule has 0 aliphatic carbocycles. The summed E-state index contributed by atoms with van der Waals surface area (Å²) in [5.41, 5.74) is 1.42. The highest BCUT2D eigenvalue weighted by Crippen LogP contribution is 2.31. The van der Waals surface area contributed by atoms with Crippen LogP contribution in [0.15, 0.2) is 40.8 Å². The number of ether oxygens (including phenoxy) is 1. The van der Waals surface area contributed by atoms with E-state index in [9.17, 15) is 9.59 Å². The molecule has 0 saturated carbocycles. The van der Waals surface area contributed by atoms with Crippen molar-refractivity contribution < 1.29 is 9.53 Å². The van der Waals surface area contributed by atoms with E-state index in [4.69, 9.17) is 16.3 Å². The maximum Gasteiger partial charge on any atom is 0.328 e. The van der Waals surface area contributed by atoms with Gasteiger partial charge in [0, 0.05) is 16.0 Å². The van der Waals surface area contributed by atoms with Gasteiger partial charge in [0.1, 0.15) is 10.9 Å². The predicted molar refractivity (Wildman–Crippen MR) is 100 cm³/mol. The molecule has 5 nitrogen and oxygen atoms in total. The third-order valence-electron chi connectivity index (χ3n) is 3.88. The summed E-state index contributed by atoms with van der Waals surface area (Å²) in [6.07, 6.45) is 2.14. The SMILES string of the molecule is CCCOC(=O)C(C)n1cnc2scc(-c3ccc(Cl)cc3)c2c1=O. The van der Waals surface area contributed by atoms with Gasteiger partial charge in [0.05, 0.1) is 18.3 Å². The fourth-order valence-corrected chi connectivity index (χ4v) is 3.53. The number of hydrogen-bond acceptors (Lipinski definition) is 5. The lowest BCUT2D eigenvalue weighted by Gasteiger charge is -2.14. The van der Waals surface area contributed by atoms with Gasteiger partial charge in [0.25, 0.3) is 5.56 Å². The second-order valence-corrected chi connectivity index (χ2v) is 6.93. The zero-order valence-corrected chi connectivity index (χ0v) is 15.4. The van der Waals surface area contributed by atoms with E-state index in [-0.39, 0.29) is 5.56 Å². The Morgan fingerprint density at radius 3 is 2.76 bits per heavy atom. The number of thiophene rings is 1. The molecule has 0 saturated heterocycles. The number of carbonyl (C=O) groups is 1. The van der Waals surface area contributed by atoms with E-state index in [2.05, 4.69) is 4.98 Å². The van der Waals surface area contributed by atoms with Gasteiger partial charge in [-0.05, 0) is 31.0 Å². The Kier molecular flexibility index (Phi) is 5.20. The van der Waals surface area contributed by atoms with Gasteiger partial charge >= 0.3 is 5.97 Å². The molecule has 3 rings (SSSR count). The van der Waals surface area contributed by atoms with Crippen molar-refractivity contribution in [3.63, 3.8) is 0 Å². The molecule has 130 valence electrons. The van der Waals surface area contributed by atoms with Gasteiger partial charge in [-0.2, -0.15) is 0 Å². The van der Waals surface area contributed by atoms with Crippen LogP contribution >= 0.6 is 22.9 Å². The van der Waals surface area contributed by atoms with Gasteiger partial charge in [-0.3, -0.25) is 9.36 Å². The maximum atomic E-state index is 13.0. The molecule has 7 heteroatoms. The van der Waals surface area contributed by atoms with Crippen molar-refractivity contribution in [2.75, 3.05) is 6.61 Å². The maximum absolute atomic E-state index is 13.0. The van der Waals surface area contributed by atoms with E-state index in [0.29, 0.717) is 21.8 Å². The number of halogens is 1. The van der Waals surface area contributed by atoms with E-state index in [1.165, 1.54) is 22.2 Å². The minimum atomic E-state index is -0.728. The van der Waals surface area contributed by atoms with Crippen LogP contribution in [0.5, 0.6) is 0 Å². The van der Waals surface area contributed by atoms with Crippen LogP contribution in [0.25, 0.3) is 21.3 Å². The number of benzene rings is 1. The average Bonchev–Trinajstić information content (AvgIpc) is 3.05. The molecule has 1 unspecified atom stereocenters. The smallest absolute Gasteiger partial charge is 0.328 e. The molecule has 0 bridgehead atoms. The third kappa shape index (κ3) is 3.45. The van der Waals surface area contributed by atoms with Crippen molar-refractivity contribution >= 4 is 39.1 Å². The lowest BCUT2D eigenvalue weighted by molar-refractivity contribution is -0.147. The average molecular weight is 377 g/mol. The lowest BCUT2D eigenvalue weighted by Crippen LogP contribution is -2.29. The van der Waals surface area contributed by atoms with Crippen LogP contribution in [0.4, 0.5) is 0 Å². The molecule has 25 heavy (non-hydrogen) atoms. The van der Waals surface area contributed by atoms with Crippen LogP contribution < -0.4 is 5.56 Å². The number of nitrogens with zero attached hydrogens (tertiary/aromatic N) is 2. The Hall–Kier alpha value is -2.18. The molecule has 2 heterocycles. The first-order valence-corrected chi connectivity index (χ1v) is 9.19. The Balaban J connectivity index is 2.07. The van der Waals surface area contributed by atoms with Crippen molar-refractivity contribution in [2.45, 2.75) is 26.3 Å². The molecule has 1 aromatic carbocycles. The molecule has 1 atom stereocenters. The van der Waals surface area contributed by atoms with E-state index in [1.807, 2.05) is 24.4 Å². The second-order valence-electron chi connectivity index (χ2n) is 5.64. The zero-order valence-electron chi connectivity index (χ0n) is 13.9. The Morgan fingerprint density at radius 2 is 2.08 bits per heavy atom. The number of rotatable bonds is 5. The quantitative estimate of drug-likeness (QED) is 0.623. The standard InChI is InChI=1S/C18H17ClN2O3S/c1-3-8-24-18(23)11(2)21-10-20-16-15(17(21)22)14(9-25-16)12-4-6-13(19)7-5-12/h4-7,9-11H,3,8H2,1-2H3. The highest BCUT2D eigenvalue weighted by molar-refractivity contribution is 7.17. The van der Waals surface area contributed by atoms with Gasteiger partial charge in [0.2, 0.25) is 0 Å². The Morgan fingerprint density at radius 1 is 1.36 bits per heavy atom. The van der Waals surface area contributed by atoms with Crippen molar-refractivity contribution in [2.24, 2.45) is 0 Å².